The number of hydrogen-bond donors (Lipinski definition) is 1. The lowest BCUT2D eigenvalue weighted by molar-refractivity contribution is 0.0358. The SMILES string of the molecule is Cl.O/N=c1/cc(-c2cc3cccn3cn2)oc2cc(OCCCN3CCOCC3)ccc12. The minimum atomic E-state index is 0. The number of ether oxygens (including phenoxy) is 2. The molecule has 4 heterocycles. The average Bonchev–Trinajstić information content (AvgIpc) is 3.29. The lowest BCUT2D eigenvalue weighted by Gasteiger charge is -2.26. The van der Waals surface area contributed by atoms with Crippen molar-refractivity contribution >= 4 is 28.9 Å². The van der Waals surface area contributed by atoms with E-state index in [1.54, 1.807) is 12.4 Å². The fraction of sp³-hybridized carbons (Fsp3) is 0.304. The highest BCUT2D eigenvalue weighted by molar-refractivity contribution is 5.85. The van der Waals surface area contributed by atoms with Crippen LogP contribution < -0.4 is 10.1 Å². The Morgan fingerprint density at radius 2 is 2.00 bits per heavy atom. The highest BCUT2D eigenvalue weighted by Gasteiger charge is 2.11. The first-order chi connectivity index (χ1) is 15.3. The molecule has 1 aliphatic rings. The van der Waals surface area contributed by atoms with E-state index in [-0.39, 0.29) is 12.4 Å². The van der Waals surface area contributed by atoms with Crippen LogP contribution in [0.25, 0.3) is 27.9 Å². The van der Waals surface area contributed by atoms with Crippen LogP contribution in [0.3, 0.4) is 0 Å². The second-order valence-corrected chi connectivity index (χ2v) is 7.52. The Morgan fingerprint density at radius 1 is 1.12 bits per heavy atom. The van der Waals surface area contributed by atoms with Crippen molar-refractivity contribution < 1.29 is 19.1 Å². The number of rotatable bonds is 6. The molecular formula is C23H25ClN4O4. The lowest BCUT2D eigenvalue weighted by Crippen LogP contribution is -2.37. The van der Waals surface area contributed by atoms with Gasteiger partial charge in [0, 0.05) is 48.9 Å². The second kappa shape index (κ2) is 10.0. The van der Waals surface area contributed by atoms with Crippen LogP contribution in [0.2, 0.25) is 0 Å². The van der Waals surface area contributed by atoms with Crippen LogP contribution in [-0.2, 0) is 4.74 Å². The minimum absolute atomic E-state index is 0. The maximum Gasteiger partial charge on any atom is 0.155 e. The molecule has 0 spiro atoms. The third-order valence-corrected chi connectivity index (χ3v) is 5.49. The summed E-state index contributed by atoms with van der Waals surface area (Å²) in [5.41, 5.74) is 2.24. The third-order valence-electron chi connectivity index (χ3n) is 5.49. The van der Waals surface area contributed by atoms with Gasteiger partial charge >= 0.3 is 0 Å². The van der Waals surface area contributed by atoms with Gasteiger partial charge in [0.05, 0.1) is 26.1 Å². The van der Waals surface area contributed by atoms with E-state index in [4.69, 9.17) is 13.9 Å². The van der Waals surface area contributed by atoms with Crippen molar-refractivity contribution in [1.82, 2.24) is 14.3 Å². The highest BCUT2D eigenvalue weighted by atomic mass is 35.5. The zero-order valence-corrected chi connectivity index (χ0v) is 18.3. The number of hydrogen-bond acceptors (Lipinski definition) is 7. The lowest BCUT2D eigenvalue weighted by atomic mass is 10.2. The summed E-state index contributed by atoms with van der Waals surface area (Å²) >= 11 is 0. The Morgan fingerprint density at radius 3 is 2.84 bits per heavy atom. The summed E-state index contributed by atoms with van der Waals surface area (Å²) in [4.78, 5) is 6.85. The van der Waals surface area contributed by atoms with Gasteiger partial charge in [-0.05, 0) is 36.8 Å². The van der Waals surface area contributed by atoms with Gasteiger partial charge < -0.3 is 23.5 Å². The third kappa shape index (κ3) is 4.72. The second-order valence-electron chi connectivity index (χ2n) is 7.52. The van der Waals surface area contributed by atoms with Gasteiger partial charge in [-0.15, -0.1) is 12.4 Å². The topological polar surface area (TPSA) is 84.7 Å². The number of halogens is 1. The number of fused-ring (bicyclic) bond motifs is 2. The zero-order chi connectivity index (χ0) is 21.0. The van der Waals surface area contributed by atoms with Crippen LogP contribution in [0.4, 0.5) is 0 Å². The predicted octanol–water partition coefficient (Wildman–Crippen LogP) is 3.56. The highest BCUT2D eigenvalue weighted by Crippen LogP contribution is 2.25. The van der Waals surface area contributed by atoms with E-state index in [1.165, 1.54) is 0 Å². The molecule has 0 bridgehead atoms. The predicted molar refractivity (Wildman–Crippen MR) is 122 cm³/mol. The Labute approximate surface area is 191 Å². The van der Waals surface area contributed by atoms with Gasteiger partial charge in [0.1, 0.15) is 22.4 Å². The Hall–Kier alpha value is -3.07. The van der Waals surface area contributed by atoms with Gasteiger partial charge in [0.25, 0.3) is 0 Å². The molecule has 4 aromatic rings. The molecule has 3 aromatic heterocycles. The summed E-state index contributed by atoms with van der Waals surface area (Å²) in [7, 11) is 0. The molecule has 1 fully saturated rings. The van der Waals surface area contributed by atoms with Crippen molar-refractivity contribution in [3.63, 3.8) is 0 Å². The number of morpholine rings is 1. The molecule has 0 unspecified atom stereocenters. The minimum Gasteiger partial charge on any atom is -0.493 e. The van der Waals surface area contributed by atoms with Gasteiger partial charge in [-0.2, -0.15) is 0 Å². The summed E-state index contributed by atoms with van der Waals surface area (Å²) in [5.74, 6) is 1.24. The van der Waals surface area contributed by atoms with Crippen molar-refractivity contribution in [3.05, 3.63) is 60.3 Å². The monoisotopic (exact) mass is 456 g/mol. The molecule has 1 aromatic carbocycles. The van der Waals surface area contributed by atoms with E-state index in [0.29, 0.717) is 40.1 Å². The quantitative estimate of drug-likeness (QED) is 0.271. The van der Waals surface area contributed by atoms with E-state index < -0.39 is 0 Å². The number of benzene rings is 1. The molecule has 32 heavy (non-hydrogen) atoms. The fourth-order valence-corrected chi connectivity index (χ4v) is 3.82. The average molecular weight is 457 g/mol. The van der Waals surface area contributed by atoms with Crippen LogP contribution in [0, 0.1) is 0 Å². The Balaban J connectivity index is 0.00000245. The summed E-state index contributed by atoms with van der Waals surface area (Å²) in [6, 6.07) is 13.1. The Bertz CT molecular complexity index is 1260. The first kappa shape index (κ1) is 22.1. The molecule has 5 rings (SSSR count). The maximum absolute atomic E-state index is 9.53. The van der Waals surface area contributed by atoms with Crippen LogP contribution in [-0.4, -0.2) is 58.9 Å². The fourth-order valence-electron chi connectivity index (χ4n) is 3.82. The van der Waals surface area contributed by atoms with E-state index in [0.717, 1.165) is 44.8 Å². The molecule has 1 aliphatic heterocycles. The molecule has 0 aliphatic carbocycles. The molecule has 0 atom stereocenters. The molecule has 1 N–H and O–H groups in total. The smallest absolute Gasteiger partial charge is 0.155 e. The zero-order valence-electron chi connectivity index (χ0n) is 17.5. The van der Waals surface area contributed by atoms with Crippen LogP contribution in [0.1, 0.15) is 6.42 Å². The van der Waals surface area contributed by atoms with Crippen LogP contribution >= 0.6 is 12.4 Å². The largest absolute Gasteiger partial charge is 0.493 e. The van der Waals surface area contributed by atoms with Gasteiger partial charge in [-0.1, -0.05) is 5.16 Å². The molecule has 0 amide bonds. The van der Waals surface area contributed by atoms with Gasteiger partial charge in [-0.3, -0.25) is 4.90 Å². The van der Waals surface area contributed by atoms with Crippen molar-refractivity contribution in [1.29, 1.82) is 0 Å². The van der Waals surface area contributed by atoms with Crippen molar-refractivity contribution in [2.45, 2.75) is 6.42 Å². The maximum atomic E-state index is 9.53. The van der Waals surface area contributed by atoms with Crippen molar-refractivity contribution in [2.75, 3.05) is 39.5 Å². The number of aromatic nitrogens is 2. The van der Waals surface area contributed by atoms with E-state index in [1.807, 2.05) is 47.0 Å². The summed E-state index contributed by atoms with van der Waals surface area (Å²) in [5, 5.41) is 14.1. The molecule has 168 valence electrons. The first-order valence-electron chi connectivity index (χ1n) is 10.4. The first-order valence-corrected chi connectivity index (χ1v) is 10.4. The van der Waals surface area contributed by atoms with Gasteiger partial charge in [0.2, 0.25) is 0 Å². The van der Waals surface area contributed by atoms with Gasteiger partial charge in [-0.25, -0.2) is 4.98 Å². The van der Waals surface area contributed by atoms with E-state index in [2.05, 4.69) is 15.0 Å². The summed E-state index contributed by atoms with van der Waals surface area (Å²) in [6.07, 6.45) is 4.60. The number of nitrogens with zero attached hydrogens (tertiary/aromatic N) is 4. The molecule has 8 nitrogen and oxygen atoms in total. The van der Waals surface area contributed by atoms with Crippen molar-refractivity contribution in [3.8, 4) is 17.2 Å². The molecule has 1 saturated heterocycles. The summed E-state index contributed by atoms with van der Waals surface area (Å²) in [6.45, 7) is 5.18. The van der Waals surface area contributed by atoms with Crippen LogP contribution in [0.5, 0.6) is 5.75 Å². The van der Waals surface area contributed by atoms with Gasteiger partial charge in [0.15, 0.2) is 5.76 Å². The molecule has 0 radical (unpaired) electrons. The van der Waals surface area contributed by atoms with E-state index in [9.17, 15) is 5.21 Å². The summed E-state index contributed by atoms with van der Waals surface area (Å²) < 4.78 is 19.4. The van der Waals surface area contributed by atoms with Crippen molar-refractivity contribution in [2.24, 2.45) is 5.16 Å². The normalized spacial score (nSPS) is 15.2. The Kier molecular flexibility index (Phi) is 6.94. The standard InChI is InChI=1S/C23H24N4O4.ClH/c28-25-20-15-23(21-13-17-3-1-7-27(17)16-24-21)31-22-14-18(4-5-19(20)22)30-10-2-6-26-8-11-29-12-9-26;/h1,3-5,7,13-16,28H,2,6,8-12H2;1H/b25-20-;. The molecule has 0 saturated carbocycles. The van der Waals surface area contributed by atoms with Crippen LogP contribution in [0.15, 0.2) is 64.6 Å². The molecular weight excluding hydrogens is 432 g/mol. The van der Waals surface area contributed by atoms with E-state index >= 15 is 0 Å². The molecule has 9 heteroatoms.